The van der Waals surface area contributed by atoms with Crippen LogP contribution < -0.4 is 9.80 Å². The van der Waals surface area contributed by atoms with Crippen LogP contribution in [0.2, 0.25) is 0 Å². The minimum Gasteiger partial charge on any atom is -0.481 e. The lowest BCUT2D eigenvalue weighted by atomic mass is 10.1. The van der Waals surface area contributed by atoms with E-state index < -0.39 is 17.8 Å². The van der Waals surface area contributed by atoms with Crippen molar-refractivity contribution in [1.82, 2.24) is 9.97 Å². The Morgan fingerprint density at radius 1 is 1.46 bits per heavy atom. The summed E-state index contributed by atoms with van der Waals surface area (Å²) in [4.78, 5) is 22.6. The quantitative estimate of drug-likeness (QED) is 0.734. The van der Waals surface area contributed by atoms with Crippen LogP contribution in [0.25, 0.3) is 0 Å². The van der Waals surface area contributed by atoms with Crippen molar-refractivity contribution in [1.29, 1.82) is 0 Å². The molecular weight excluding hydrogens is 417 g/mol. The first kappa shape index (κ1) is 17.8. The van der Waals surface area contributed by atoms with Crippen molar-refractivity contribution in [3.63, 3.8) is 0 Å². The molecule has 0 spiro atoms. The Kier molecular flexibility index (Phi) is 3.91. The van der Waals surface area contributed by atoms with Gasteiger partial charge in [0.05, 0.1) is 4.32 Å². The second-order valence-electron chi connectivity index (χ2n) is 7.36. The summed E-state index contributed by atoms with van der Waals surface area (Å²) < 4.78 is 39.5. The van der Waals surface area contributed by atoms with Gasteiger partial charge in [-0.05, 0) is 25.2 Å². The molecule has 0 bridgehead atoms. The molecule has 3 fully saturated rings. The number of piperidine rings is 1. The fourth-order valence-electron chi connectivity index (χ4n) is 4.02. The summed E-state index contributed by atoms with van der Waals surface area (Å²) in [6.07, 6.45) is -3.57. The van der Waals surface area contributed by atoms with Gasteiger partial charge in [-0.25, -0.2) is 4.98 Å². The van der Waals surface area contributed by atoms with Gasteiger partial charge in [-0.3, -0.25) is 4.79 Å². The lowest BCUT2D eigenvalue weighted by Crippen LogP contribution is -2.47. The zero-order valence-corrected chi connectivity index (χ0v) is 15.6. The number of anilines is 2. The normalized spacial score (nSPS) is 33.0. The number of halogens is 4. The molecule has 6 nitrogen and oxygen atoms in total. The monoisotopic (exact) mass is 434 g/mol. The zero-order chi connectivity index (χ0) is 18.9. The van der Waals surface area contributed by atoms with Crippen molar-refractivity contribution >= 4 is 33.7 Å². The number of nitrogens with zero attached hydrogens (tertiary/aromatic N) is 4. The summed E-state index contributed by atoms with van der Waals surface area (Å²) in [5.41, 5.74) is -0.942. The van der Waals surface area contributed by atoms with Gasteiger partial charge in [0.2, 0.25) is 5.95 Å². The molecule has 1 aromatic heterocycles. The topological polar surface area (TPSA) is 69.6 Å². The Bertz CT molecular complexity index is 762. The van der Waals surface area contributed by atoms with E-state index in [4.69, 9.17) is 5.11 Å². The molecule has 2 aliphatic heterocycles. The van der Waals surface area contributed by atoms with Crippen LogP contribution >= 0.6 is 15.9 Å². The van der Waals surface area contributed by atoms with Gasteiger partial charge in [0.15, 0.2) is 5.69 Å². The van der Waals surface area contributed by atoms with Gasteiger partial charge < -0.3 is 14.9 Å². The maximum Gasteiger partial charge on any atom is 0.433 e. The van der Waals surface area contributed by atoms with Crippen LogP contribution in [0, 0.1) is 11.8 Å². The number of fused-ring (bicyclic) bond motifs is 1. The Morgan fingerprint density at radius 3 is 2.65 bits per heavy atom. The molecule has 4 atom stereocenters. The molecular formula is C16H18BrF3N4O2. The minimum atomic E-state index is -4.54. The summed E-state index contributed by atoms with van der Waals surface area (Å²) in [5, 5.41) is 8.97. The highest BCUT2D eigenvalue weighted by atomic mass is 79.9. The van der Waals surface area contributed by atoms with Gasteiger partial charge >= 0.3 is 12.1 Å². The molecule has 3 heterocycles. The summed E-state index contributed by atoms with van der Waals surface area (Å²) >= 11 is 3.61. The molecule has 1 aromatic rings. The van der Waals surface area contributed by atoms with Gasteiger partial charge in [-0.15, -0.1) is 0 Å². The van der Waals surface area contributed by atoms with Gasteiger partial charge in [-0.2, -0.15) is 18.2 Å². The van der Waals surface area contributed by atoms with Crippen LogP contribution in [-0.4, -0.2) is 51.0 Å². The van der Waals surface area contributed by atoms with Crippen molar-refractivity contribution in [2.24, 2.45) is 11.8 Å². The Balaban J connectivity index is 1.59. The van der Waals surface area contributed by atoms with Crippen molar-refractivity contribution in [3.05, 3.63) is 11.8 Å². The third kappa shape index (κ3) is 2.82. The van der Waals surface area contributed by atoms with Crippen LogP contribution in [0.1, 0.15) is 25.5 Å². The van der Waals surface area contributed by atoms with Crippen LogP contribution in [0.15, 0.2) is 6.07 Å². The smallest absolute Gasteiger partial charge is 0.433 e. The average Bonchev–Trinajstić information content (AvgIpc) is 2.88. The summed E-state index contributed by atoms with van der Waals surface area (Å²) in [7, 11) is 0. The predicted molar refractivity (Wildman–Crippen MR) is 91.6 cm³/mol. The van der Waals surface area contributed by atoms with E-state index in [0.717, 1.165) is 12.5 Å². The fraction of sp³-hybridized carbons (Fsp3) is 0.688. The highest BCUT2D eigenvalue weighted by Gasteiger charge is 2.68. The van der Waals surface area contributed by atoms with E-state index in [2.05, 4.69) is 25.9 Å². The maximum atomic E-state index is 13.3. The number of rotatable bonds is 4. The molecule has 142 valence electrons. The number of carboxylic acid groups (broad SMARTS) is 1. The van der Waals surface area contributed by atoms with Gasteiger partial charge in [0.1, 0.15) is 5.82 Å². The summed E-state index contributed by atoms with van der Waals surface area (Å²) in [6.45, 7) is 3.51. The van der Waals surface area contributed by atoms with Crippen molar-refractivity contribution in [2.45, 2.75) is 36.3 Å². The molecule has 26 heavy (non-hydrogen) atoms. The molecule has 4 rings (SSSR count). The Labute approximate surface area is 156 Å². The highest BCUT2D eigenvalue weighted by molar-refractivity contribution is 9.10. The number of alkyl halides is 4. The van der Waals surface area contributed by atoms with E-state index in [0.29, 0.717) is 19.6 Å². The standard InChI is InChI=1S/C16H18BrF3N4O2/c1-8-2-3-24(8)14-21-11(16(18,19)20)5-12(22-14)23-6-10-9(4-13(25)26)15(10,17)7-23/h5,8-10H,2-4,6-7H2,1H3,(H,25,26)/t8-,9?,10?,15?/m0/s1. The van der Waals surface area contributed by atoms with E-state index >= 15 is 0 Å². The van der Waals surface area contributed by atoms with E-state index in [1.165, 1.54) is 0 Å². The van der Waals surface area contributed by atoms with Crippen LogP contribution in [0.3, 0.4) is 0 Å². The van der Waals surface area contributed by atoms with Crippen LogP contribution in [-0.2, 0) is 11.0 Å². The Hall–Kier alpha value is -1.58. The number of carbonyl (C=O) groups is 1. The van der Waals surface area contributed by atoms with Crippen molar-refractivity contribution < 1.29 is 23.1 Å². The highest BCUT2D eigenvalue weighted by Crippen LogP contribution is 2.63. The van der Waals surface area contributed by atoms with Crippen LogP contribution in [0.5, 0.6) is 0 Å². The molecule has 0 amide bonds. The van der Waals surface area contributed by atoms with Gasteiger partial charge in [-0.1, -0.05) is 15.9 Å². The SMILES string of the molecule is C[C@H]1CCN1c1nc(N2CC3C(CC(=O)O)C3(Br)C2)cc(C(F)(F)F)n1. The zero-order valence-electron chi connectivity index (χ0n) is 14.0. The maximum absolute atomic E-state index is 13.3. The number of aliphatic carboxylic acids is 1. The van der Waals surface area contributed by atoms with E-state index in [1.807, 2.05) is 6.92 Å². The molecule has 1 saturated carbocycles. The van der Waals surface area contributed by atoms with E-state index in [9.17, 15) is 18.0 Å². The van der Waals surface area contributed by atoms with Gasteiger partial charge in [0.25, 0.3) is 0 Å². The number of aromatic nitrogens is 2. The number of hydrogen-bond acceptors (Lipinski definition) is 5. The van der Waals surface area contributed by atoms with Crippen molar-refractivity contribution in [3.8, 4) is 0 Å². The van der Waals surface area contributed by atoms with E-state index in [-0.39, 0.29) is 40.4 Å². The first-order valence-corrected chi connectivity index (χ1v) is 9.27. The minimum absolute atomic E-state index is 0.00930. The van der Waals surface area contributed by atoms with Gasteiger partial charge in [0, 0.05) is 38.2 Å². The summed E-state index contributed by atoms with van der Waals surface area (Å²) in [6, 6.07) is 1.11. The molecule has 0 radical (unpaired) electrons. The first-order valence-electron chi connectivity index (χ1n) is 8.48. The second kappa shape index (κ2) is 5.71. The molecule has 10 heteroatoms. The van der Waals surface area contributed by atoms with Crippen molar-refractivity contribution in [2.75, 3.05) is 29.4 Å². The molecule has 2 saturated heterocycles. The molecule has 1 N–H and O–H groups in total. The molecule has 3 unspecified atom stereocenters. The molecule has 0 aromatic carbocycles. The first-order chi connectivity index (χ1) is 12.1. The molecule has 1 aliphatic carbocycles. The third-order valence-electron chi connectivity index (χ3n) is 5.75. The lowest BCUT2D eigenvalue weighted by molar-refractivity contribution is -0.141. The van der Waals surface area contributed by atoms with Crippen LogP contribution in [0.4, 0.5) is 24.9 Å². The fourth-order valence-corrected chi connectivity index (χ4v) is 5.13. The lowest BCUT2D eigenvalue weighted by Gasteiger charge is -2.39. The number of carboxylic acids is 1. The predicted octanol–water partition coefficient (Wildman–Crippen LogP) is 2.77. The average molecular weight is 435 g/mol. The summed E-state index contributed by atoms with van der Waals surface area (Å²) in [5.74, 6) is -0.379. The Morgan fingerprint density at radius 2 is 2.19 bits per heavy atom. The largest absolute Gasteiger partial charge is 0.481 e. The second-order valence-corrected chi connectivity index (χ2v) is 8.83. The molecule has 3 aliphatic rings. The number of hydrogen-bond donors (Lipinski definition) is 1. The van der Waals surface area contributed by atoms with E-state index in [1.54, 1.807) is 9.80 Å². The third-order valence-corrected chi connectivity index (χ3v) is 7.17.